The Morgan fingerprint density at radius 2 is 2.00 bits per heavy atom. The van der Waals surface area contributed by atoms with Gasteiger partial charge in [-0.1, -0.05) is 31.0 Å². The maximum absolute atomic E-state index is 11.8. The third kappa shape index (κ3) is 4.20. The van der Waals surface area contributed by atoms with Crippen molar-refractivity contribution in [1.82, 2.24) is 4.90 Å². The van der Waals surface area contributed by atoms with Crippen molar-refractivity contribution in [3.05, 3.63) is 29.8 Å². The number of amides is 1. The van der Waals surface area contributed by atoms with Crippen LogP contribution in [-0.4, -0.2) is 42.4 Å². The summed E-state index contributed by atoms with van der Waals surface area (Å²) in [6, 6.07) is 8.08. The Labute approximate surface area is 143 Å². The van der Waals surface area contributed by atoms with Gasteiger partial charge in [0.25, 0.3) is 0 Å². The minimum atomic E-state index is -0.253. The van der Waals surface area contributed by atoms with Crippen molar-refractivity contribution in [2.45, 2.75) is 64.4 Å². The monoisotopic (exact) mass is 333 g/mol. The number of hydrogen-bond acceptors (Lipinski definition) is 4. The fourth-order valence-electron chi connectivity index (χ4n) is 3.26. The number of para-hydroxylation sites is 1. The number of ether oxygens (including phenoxy) is 3. The summed E-state index contributed by atoms with van der Waals surface area (Å²) in [5.74, 6) is 0.814. The van der Waals surface area contributed by atoms with Crippen LogP contribution in [0.15, 0.2) is 24.3 Å². The molecule has 0 N–H and O–H groups in total. The molecule has 0 aromatic heterocycles. The molecule has 1 saturated carbocycles. The van der Waals surface area contributed by atoms with Crippen LogP contribution in [-0.2, 0) is 16.1 Å². The molecule has 24 heavy (non-hydrogen) atoms. The van der Waals surface area contributed by atoms with Gasteiger partial charge in [0.1, 0.15) is 12.4 Å². The Balaban J connectivity index is 1.52. The molecule has 1 saturated heterocycles. The van der Waals surface area contributed by atoms with Gasteiger partial charge in [-0.15, -0.1) is 0 Å². The van der Waals surface area contributed by atoms with Crippen LogP contribution < -0.4 is 4.74 Å². The van der Waals surface area contributed by atoms with Crippen LogP contribution in [0.4, 0.5) is 4.79 Å². The Hall–Kier alpha value is -1.75. The number of cyclic esters (lactones) is 1. The van der Waals surface area contributed by atoms with E-state index in [1.54, 1.807) is 4.90 Å². The standard InChI is InChI=1S/C19H27NO4/c1-14(2)20-11-17(24-19(20)21)13-23-18-10-6-3-7-15(18)12-22-16-8-4-5-9-16/h3,6-7,10,14,16-17H,4-5,8-9,11-13H2,1-2H3. The van der Waals surface area contributed by atoms with E-state index >= 15 is 0 Å². The molecule has 2 aliphatic rings. The van der Waals surface area contributed by atoms with Crippen molar-refractivity contribution in [3.8, 4) is 5.75 Å². The van der Waals surface area contributed by atoms with E-state index in [0.717, 1.165) is 24.2 Å². The molecule has 1 aromatic rings. The van der Waals surface area contributed by atoms with E-state index in [4.69, 9.17) is 14.2 Å². The fraction of sp³-hybridized carbons (Fsp3) is 0.632. The zero-order chi connectivity index (χ0) is 16.9. The van der Waals surface area contributed by atoms with E-state index in [-0.39, 0.29) is 18.2 Å². The summed E-state index contributed by atoms with van der Waals surface area (Å²) >= 11 is 0. The molecule has 5 nitrogen and oxygen atoms in total. The highest BCUT2D eigenvalue weighted by Crippen LogP contribution is 2.25. The molecule has 1 heterocycles. The molecule has 5 heteroatoms. The first-order chi connectivity index (χ1) is 11.6. The number of hydrogen-bond donors (Lipinski definition) is 0. The first-order valence-electron chi connectivity index (χ1n) is 8.93. The Morgan fingerprint density at radius 1 is 1.25 bits per heavy atom. The summed E-state index contributed by atoms with van der Waals surface area (Å²) in [7, 11) is 0. The number of nitrogens with zero attached hydrogens (tertiary/aromatic N) is 1. The predicted octanol–water partition coefficient (Wildman–Crippen LogP) is 3.75. The summed E-state index contributed by atoms with van der Waals surface area (Å²) in [5.41, 5.74) is 1.05. The van der Waals surface area contributed by atoms with E-state index in [1.165, 1.54) is 12.8 Å². The minimum Gasteiger partial charge on any atom is -0.489 e. The Bertz CT molecular complexity index is 554. The maximum atomic E-state index is 11.8. The number of carbonyl (C=O) groups is 1. The van der Waals surface area contributed by atoms with E-state index in [1.807, 2.05) is 38.1 Å². The normalized spacial score (nSPS) is 21.5. The van der Waals surface area contributed by atoms with Gasteiger partial charge in [-0.2, -0.15) is 0 Å². The van der Waals surface area contributed by atoms with Gasteiger partial charge in [0, 0.05) is 11.6 Å². The molecular formula is C19H27NO4. The van der Waals surface area contributed by atoms with Crippen molar-refractivity contribution < 1.29 is 19.0 Å². The van der Waals surface area contributed by atoms with Gasteiger partial charge in [0.2, 0.25) is 0 Å². The summed E-state index contributed by atoms with van der Waals surface area (Å²) in [5, 5.41) is 0. The van der Waals surface area contributed by atoms with Gasteiger partial charge >= 0.3 is 6.09 Å². The number of benzene rings is 1. The predicted molar refractivity (Wildman–Crippen MR) is 91.1 cm³/mol. The van der Waals surface area contributed by atoms with Crippen molar-refractivity contribution in [2.24, 2.45) is 0 Å². The highest BCUT2D eigenvalue weighted by Gasteiger charge is 2.33. The van der Waals surface area contributed by atoms with E-state index in [2.05, 4.69) is 0 Å². The average molecular weight is 333 g/mol. The summed E-state index contributed by atoms with van der Waals surface area (Å²) in [6.45, 7) is 5.50. The number of carbonyl (C=O) groups excluding carboxylic acids is 1. The Morgan fingerprint density at radius 3 is 2.71 bits per heavy atom. The van der Waals surface area contributed by atoms with Crippen LogP contribution in [0.5, 0.6) is 5.75 Å². The van der Waals surface area contributed by atoms with Gasteiger partial charge in [-0.05, 0) is 32.8 Å². The van der Waals surface area contributed by atoms with E-state index < -0.39 is 0 Å². The third-order valence-electron chi connectivity index (χ3n) is 4.70. The van der Waals surface area contributed by atoms with Crippen LogP contribution in [0.2, 0.25) is 0 Å². The quantitative estimate of drug-likeness (QED) is 0.762. The molecule has 0 radical (unpaired) electrons. The largest absolute Gasteiger partial charge is 0.489 e. The zero-order valence-electron chi connectivity index (χ0n) is 14.6. The zero-order valence-corrected chi connectivity index (χ0v) is 14.6. The van der Waals surface area contributed by atoms with Crippen LogP contribution in [0.25, 0.3) is 0 Å². The first kappa shape index (κ1) is 17.1. The molecule has 1 aromatic carbocycles. The van der Waals surface area contributed by atoms with Crippen LogP contribution >= 0.6 is 0 Å². The first-order valence-corrected chi connectivity index (χ1v) is 8.93. The molecule has 3 rings (SSSR count). The average Bonchev–Trinajstić information content (AvgIpc) is 3.21. The lowest BCUT2D eigenvalue weighted by Crippen LogP contribution is -2.32. The lowest BCUT2D eigenvalue weighted by Gasteiger charge is -2.17. The number of rotatable bonds is 7. The molecule has 1 aliphatic carbocycles. The van der Waals surface area contributed by atoms with E-state index in [9.17, 15) is 4.79 Å². The van der Waals surface area contributed by atoms with Crippen LogP contribution in [0.3, 0.4) is 0 Å². The lowest BCUT2D eigenvalue weighted by molar-refractivity contribution is 0.0433. The second-order valence-corrected chi connectivity index (χ2v) is 6.89. The van der Waals surface area contributed by atoms with Crippen molar-refractivity contribution in [2.75, 3.05) is 13.2 Å². The summed E-state index contributed by atoms with van der Waals surface area (Å²) in [4.78, 5) is 13.5. The van der Waals surface area contributed by atoms with Crippen molar-refractivity contribution in [1.29, 1.82) is 0 Å². The summed E-state index contributed by atoms with van der Waals surface area (Å²) in [6.07, 6.45) is 4.76. The highest BCUT2D eigenvalue weighted by atomic mass is 16.6. The lowest BCUT2D eigenvalue weighted by atomic mass is 10.2. The minimum absolute atomic E-state index is 0.148. The molecule has 132 valence electrons. The maximum Gasteiger partial charge on any atom is 0.410 e. The SMILES string of the molecule is CC(C)N1CC(COc2ccccc2COC2CCCC2)OC1=O. The Kier molecular flexibility index (Phi) is 5.61. The molecule has 1 amide bonds. The molecule has 0 bridgehead atoms. The fourth-order valence-corrected chi connectivity index (χ4v) is 3.26. The van der Waals surface area contributed by atoms with E-state index in [0.29, 0.717) is 25.9 Å². The summed E-state index contributed by atoms with van der Waals surface area (Å²) < 4.78 is 17.3. The van der Waals surface area contributed by atoms with Crippen molar-refractivity contribution >= 4 is 6.09 Å². The van der Waals surface area contributed by atoms with Crippen molar-refractivity contribution in [3.63, 3.8) is 0 Å². The molecule has 2 fully saturated rings. The molecule has 1 unspecified atom stereocenters. The van der Waals surface area contributed by atoms with Gasteiger partial charge in [-0.25, -0.2) is 4.79 Å². The molecule has 1 atom stereocenters. The molecular weight excluding hydrogens is 306 g/mol. The van der Waals surface area contributed by atoms with Crippen LogP contribution in [0, 0.1) is 0 Å². The van der Waals surface area contributed by atoms with Gasteiger partial charge < -0.3 is 19.1 Å². The third-order valence-corrected chi connectivity index (χ3v) is 4.70. The smallest absolute Gasteiger partial charge is 0.410 e. The topological polar surface area (TPSA) is 48.0 Å². The second-order valence-electron chi connectivity index (χ2n) is 6.89. The van der Waals surface area contributed by atoms with Gasteiger partial charge in [-0.3, -0.25) is 0 Å². The highest BCUT2D eigenvalue weighted by molar-refractivity contribution is 5.70. The molecule has 1 aliphatic heterocycles. The second kappa shape index (κ2) is 7.88. The van der Waals surface area contributed by atoms with Gasteiger partial charge in [0.05, 0.1) is 19.3 Å². The molecule has 0 spiro atoms. The van der Waals surface area contributed by atoms with Gasteiger partial charge in [0.15, 0.2) is 6.10 Å². The van der Waals surface area contributed by atoms with Crippen LogP contribution in [0.1, 0.15) is 45.1 Å².